The molecular formula is C23H21NO2. The zero-order valence-electron chi connectivity index (χ0n) is 15.2. The quantitative estimate of drug-likeness (QED) is 0.568. The van der Waals surface area contributed by atoms with E-state index in [0.29, 0.717) is 0 Å². The Morgan fingerprint density at radius 2 is 1.65 bits per heavy atom. The topological polar surface area (TPSA) is 21.7 Å². The van der Waals surface area contributed by atoms with Gasteiger partial charge < -0.3 is 14.4 Å². The second-order valence-corrected chi connectivity index (χ2v) is 6.61. The lowest BCUT2D eigenvalue weighted by Gasteiger charge is -2.23. The van der Waals surface area contributed by atoms with Gasteiger partial charge in [-0.3, -0.25) is 0 Å². The van der Waals surface area contributed by atoms with Crippen molar-refractivity contribution in [3.05, 3.63) is 82.2 Å². The molecule has 0 fully saturated rings. The number of fused-ring (bicyclic) bond motifs is 2. The molecule has 0 N–H and O–H groups in total. The third-order valence-electron chi connectivity index (χ3n) is 4.66. The summed E-state index contributed by atoms with van der Waals surface area (Å²) in [6.45, 7) is 4.04. The third kappa shape index (κ3) is 2.72. The van der Waals surface area contributed by atoms with Crippen molar-refractivity contribution in [3.63, 3.8) is 0 Å². The number of hydrogen-bond acceptors (Lipinski definition) is 3. The van der Waals surface area contributed by atoms with Crippen molar-refractivity contribution in [1.29, 1.82) is 0 Å². The van der Waals surface area contributed by atoms with Gasteiger partial charge in [-0.2, -0.15) is 0 Å². The van der Waals surface area contributed by atoms with Crippen LogP contribution in [0, 0.1) is 0 Å². The summed E-state index contributed by atoms with van der Waals surface area (Å²) >= 11 is 0. The maximum absolute atomic E-state index is 6.23. The minimum absolute atomic E-state index is 0.840. The van der Waals surface area contributed by atoms with Crippen LogP contribution in [-0.2, 0) is 0 Å². The molecule has 26 heavy (non-hydrogen) atoms. The number of rotatable bonds is 3. The molecule has 130 valence electrons. The van der Waals surface area contributed by atoms with Crippen LogP contribution in [0.2, 0.25) is 0 Å². The van der Waals surface area contributed by atoms with Crippen LogP contribution >= 0.6 is 0 Å². The molecule has 3 nitrogen and oxygen atoms in total. The molecule has 3 heteroatoms. The molecule has 1 aliphatic rings. The Hall–Kier alpha value is -3.20. The third-order valence-corrected chi connectivity index (χ3v) is 4.66. The van der Waals surface area contributed by atoms with E-state index in [1.807, 2.05) is 38.4 Å². The standard InChI is InChI=1S/C23H21NO2/c1-15-5-11-19-21(13-15)26-22-14-17(24(2)3)8-12-20(22)23(19)16-6-9-18(25-4)10-7-16/h5-14H,1H2,2-4H3. The van der Waals surface area contributed by atoms with E-state index in [0.717, 1.165) is 50.1 Å². The molecular weight excluding hydrogens is 322 g/mol. The fourth-order valence-electron chi connectivity index (χ4n) is 3.27. The molecule has 0 aliphatic carbocycles. The van der Waals surface area contributed by atoms with Gasteiger partial charge in [0.15, 0.2) is 0 Å². The van der Waals surface area contributed by atoms with E-state index in [1.165, 1.54) is 0 Å². The first kappa shape index (κ1) is 16.3. The summed E-state index contributed by atoms with van der Waals surface area (Å²) < 4.78 is 11.5. The van der Waals surface area contributed by atoms with Gasteiger partial charge in [-0.05, 0) is 41.1 Å². The summed E-state index contributed by atoms with van der Waals surface area (Å²) in [5.41, 5.74) is 4.48. The summed E-state index contributed by atoms with van der Waals surface area (Å²) in [4.78, 5) is 2.07. The van der Waals surface area contributed by atoms with E-state index in [-0.39, 0.29) is 0 Å². The molecule has 3 aromatic carbocycles. The summed E-state index contributed by atoms with van der Waals surface area (Å²) in [5.74, 6) is 2.55. The van der Waals surface area contributed by atoms with Crippen LogP contribution in [0.3, 0.4) is 0 Å². The Morgan fingerprint density at radius 1 is 0.885 bits per heavy atom. The highest BCUT2D eigenvalue weighted by molar-refractivity contribution is 5.86. The predicted molar refractivity (Wildman–Crippen MR) is 107 cm³/mol. The largest absolute Gasteiger partial charge is 0.497 e. The minimum atomic E-state index is 0.840. The van der Waals surface area contributed by atoms with Crippen LogP contribution < -0.4 is 24.8 Å². The Balaban J connectivity index is 2.01. The van der Waals surface area contributed by atoms with Crippen LogP contribution in [0.4, 0.5) is 5.69 Å². The van der Waals surface area contributed by atoms with Gasteiger partial charge in [0, 0.05) is 42.2 Å². The second-order valence-electron chi connectivity index (χ2n) is 6.61. The highest BCUT2D eigenvalue weighted by atomic mass is 16.5. The normalized spacial score (nSPS) is 12.0. The molecule has 1 aliphatic heterocycles. The zero-order valence-corrected chi connectivity index (χ0v) is 15.2. The van der Waals surface area contributed by atoms with Crippen molar-refractivity contribution >= 4 is 17.8 Å². The fraction of sp³-hybridized carbons (Fsp3) is 0.130. The van der Waals surface area contributed by atoms with Gasteiger partial charge in [0.05, 0.1) is 7.11 Å². The molecule has 4 rings (SSSR count). The Bertz CT molecular complexity index is 1080. The fourth-order valence-corrected chi connectivity index (χ4v) is 3.27. The van der Waals surface area contributed by atoms with Crippen LogP contribution in [0.25, 0.3) is 12.2 Å². The Morgan fingerprint density at radius 3 is 2.35 bits per heavy atom. The smallest absolute Gasteiger partial charge is 0.137 e. The molecule has 0 saturated heterocycles. The van der Waals surface area contributed by atoms with Crippen molar-refractivity contribution in [1.82, 2.24) is 0 Å². The Labute approximate surface area is 153 Å². The first-order chi connectivity index (χ1) is 12.6. The van der Waals surface area contributed by atoms with Gasteiger partial charge in [-0.25, -0.2) is 0 Å². The van der Waals surface area contributed by atoms with Crippen molar-refractivity contribution in [2.24, 2.45) is 0 Å². The van der Waals surface area contributed by atoms with Crippen LogP contribution in [0.15, 0.2) is 60.7 Å². The lowest BCUT2D eigenvalue weighted by atomic mass is 9.92. The summed E-state index contributed by atoms with van der Waals surface area (Å²) in [6.07, 6.45) is 0. The lowest BCUT2D eigenvalue weighted by molar-refractivity contribution is 0.415. The highest BCUT2D eigenvalue weighted by Gasteiger charge is 2.20. The number of hydrogen-bond donors (Lipinski definition) is 0. The first-order valence-corrected chi connectivity index (χ1v) is 8.54. The van der Waals surface area contributed by atoms with Gasteiger partial charge in [0.2, 0.25) is 0 Å². The number of benzene rings is 3. The maximum atomic E-state index is 6.23. The van der Waals surface area contributed by atoms with E-state index < -0.39 is 0 Å². The molecule has 0 aromatic heterocycles. The van der Waals surface area contributed by atoms with Gasteiger partial charge in [-0.15, -0.1) is 0 Å². The molecule has 3 aromatic rings. The molecule has 0 unspecified atom stereocenters. The number of nitrogens with zero attached hydrogens (tertiary/aromatic N) is 1. The molecule has 0 amide bonds. The van der Waals surface area contributed by atoms with Crippen molar-refractivity contribution in [2.45, 2.75) is 0 Å². The lowest BCUT2D eigenvalue weighted by Crippen LogP contribution is -2.20. The van der Waals surface area contributed by atoms with Crippen LogP contribution in [0.1, 0.15) is 11.1 Å². The van der Waals surface area contributed by atoms with Gasteiger partial charge in [0.1, 0.15) is 17.2 Å². The van der Waals surface area contributed by atoms with Crippen molar-refractivity contribution in [2.75, 3.05) is 26.1 Å². The van der Waals surface area contributed by atoms with Crippen molar-refractivity contribution in [3.8, 4) is 17.2 Å². The molecule has 0 bridgehead atoms. The molecule has 0 radical (unpaired) electrons. The number of anilines is 1. The van der Waals surface area contributed by atoms with E-state index in [2.05, 4.69) is 47.9 Å². The highest BCUT2D eigenvalue weighted by Crippen LogP contribution is 2.38. The minimum Gasteiger partial charge on any atom is -0.497 e. The molecule has 0 saturated carbocycles. The van der Waals surface area contributed by atoms with E-state index in [4.69, 9.17) is 9.47 Å². The number of ether oxygens (including phenoxy) is 2. The summed E-state index contributed by atoms with van der Waals surface area (Å²) in [7, 11) is 5.74. The van der Waals surface area contributed by atoms with E-state index in [9.17, 15) is 0 Å². The Kier molecular flexibility index (Phi) is 3.92. The molecule has 0 spiro atoms. The molecule has 0 atom stereocenters. The monoisotopic (exact) mass is 343 g/mol. The van der Waals surface area contributed by atoms with E-state index in [1.54, 1.807) is 7.11 Å². The maximum Gasteiger partial charge on any atom is 0.137 e. The van der Waals surface area contributed by atoms with E-state index >= 15 is 0 Å². The first-order valence-electron chi connectivity index (χ1n) is 8.54. The van der Waals surface area contributed by atoms with Crippen molar-refractivity contribution < 1.29 is 9.47 Å². The molecule has 1 heterocycles. The summed E-state index contributed by atoms with van der Waals surface area (Å²) in [5, 5.41) is 2.01. The number of methoxy groups -OCH3 is 1. The summed E-state index contributed by atoms with van der Waals surface area (Å²) in [6, 6.07) is 20.6. The second kappa shape index (κ2) is 6.26. The van der Waals surface area contributed by atoms with Gasteiger partial charge in [0.25, 0.3) is 0 Å². The van der Waals surface area contributed by atoms with Gasteiger partial charge >= 0.3 is 0 Å². The zero-order chi connectivity index (χ0) is 18.3. The SMILES string of the molecule is C=c1ccc2c(c1)Oc1cc(N(C)C)ccc1C=2c1ccc(OC)cc1. The van der Waals surface area contributed by atoms with Crippen LogP contribution in [-0.4, -0.2) is 21.2 Å². The predicted octanol–water partition coefficient (Wildman–Crippen LogP) is 3.52. The van der Waals surface area contributed by atoms with Gasteiger partial charge in [-0.1, -0.05) is 30.8 Å². The average molecular weight is 343 g/mol. The van der Waals surface area contributed by atoms with Crippen LogP contribution in [0.5, 0.6) is 17.2 Å². The average Bonchev–Trinajstić information content (AvgIpc) is 2.65.